The lowest BCUT2D eigenvalue weighted by molar-refractivity contribution is 0.276. The molecular weight excluding hydrogens is 289 g/mol. The summed E-state index contributed by atoms with van der Waals surface area (Å²) in [7, 11) is 0. The zero-order valence-corrected chi connectivity index (χ0v) is 10.6. The molecular formula is C9H12BrCl2NO. The molecule has 0 aromatic heterocycles. The Labute approximate surface area is 103 Å². The third-order valence-electron chi connectivity index (χ3n) is 1.81. The van der Waals surface area contributed by atoms with E-state index in [1.54, 1.807) is 6.07 Å². The molecule has 0 unspecified atom stereocenters. The van der Waals surface area contributed by atoms with Gasteiger partial charge in [-0.1, -0.05) is 17.7 Å². The Kier molecular flexibility index (Phi) is 6.74. The first-order valence-electron chi connectivity index (χ1n) is 3.96. The predicted octanol–water partition coefficient (Wildman–Crippen LogP) is 2.91. The summed E-state index contributed by atoms with van der Waals surface area (Å²) in [4.78, 5) is 0. The summed E-state index contributed by atoms with van der Waals surface area (Å²) in [6.07, 6.45) is 0.564. The van der Waals surface area contributed by atoms with Crippen molar-refractivity contribution in [1.82, 2.24) is 0 Å². The van der Waals surface area contributed by atoms with Crippen molar-refractivity contribution >= 4 is 39.9 Å². The monoisotopic (exact) mass is 299 g/mol. The Bertz CT molecular complexity index is 296. The minimum Gasteiger partial charge on any atom is -0.396 e. The van der Waals surface area contributed by atoms with Crippen molar-refractivity contribution in [3.63, 3.8) is 0 Å². The second-order valence-electron chi connectivity index (χ2n) is 2.79. The summed E-state index contributed by atoms with van der Waals surface area (Å²) in [6.45, 7) is 0.0986. The highest BCUT2D eigenvalue weighted by atomic mass is 79.9. The summed E-state index contributed by atoms with van der Waals surface area (Å²) < 4.78 is 0.833. The number of rotatable bonds is 3. The minimum atomic E-state index is -0.126. The maximum Gasteiger partial charge on any atom is 0.0548 e. The van der Waals surface area contributed by atoms with Crippen molar-refractivity contribution in [3.05, 3.63) is 33.3 Å². The molecule has 0 heterocycles. The van der Waals surface area contributed by atoms with E-state index >= 15 is 0 Å². The molecule has 0 saturated carbocycles. The largest absolute Gasteiger partial charge is 0.396 e. The van der Waals surface area contributed by atoms with E-state index in [1.807, 2.05) is 12.1 Å². The van der Waals surface area contributed by atoms with Gasteiger partial charge >= 0.3 is 0 Å². The number of benzene rings is 1. The highest BCUT2D eigenvalue weighted by Gasteiger charge is 2.06. The van der Waals surface area contributed by atoms with E-state index in [0.29, 0.717) is 11.4 Å². The SMILES string of the molecule is Cl.N[C@@H](CCO)c1ccc(Cl)c(Br)c1. The van der Waals surface area contributed by atoms with E-state index in [2.05, 4.69) is 15.9 Å². The van der Waals surface area contributed by atoms with E-state index in [9.17, 15) is 0 Å². The molecule has 0 aliphatic heterocycles. The van der Waals surface area contributed by atoms with Crippen LogP contribution in [-0.2, 0) is 0 Å². The van der Waals surface area contributed by atoms with Gasteiger partial charge in [0.1, 0.15) is 0 Å². The first-order chi connectivity index (χ1) is 6.15. The molecule has 2 nitrogen and oxygen atoms in total. The lowest BCUT2D eigenvalue weighted by Crippen LogP contribution is -2.11. The van der Waals surface area contributed by atoms with Crippen LogP contribution in [0.3, 0.4) is 0 Å². The molecule has 0 amide bonds. The van der Waals surface area contributed by atoms with Gasteiger partial charge in [-0.05, 0) is 40.0 Å². The van der Waals surface area contributed by atoms with Crippen molar-refractivity contribution in [1.29, 1.82) is 0 Å². The Morgan fingerprint density at radius 1 is 1.50 bits per heavy atom. The van der Waals surface area contributed by atoms with E-state index in [0.717, 1.165) is 10.0 Å². The quantitative estimate of drug-likeness (QED) is 0.901. The van der Waals surface area contributed by atoms with Crippen LogP contribution in [0.15, 0.2) is 22.7 Å². The summed E-state index contributed by atoms with van der Waals surface area (Å²) in [5, 5.41) is 9.37. The van der Waals surface area contributed by atoms with Crippen LogP contribution in [0, 0.1) is 0 Å². The number of aliphatic hydroxyl groups is 1. The zero-order chi connectivity index (χ0) is 9.84. The number of hydrogen-bond acceptors (Lipinski definition) is 2. The van der Waals surface area contributed by atoms with Gasteiger partial charge in [0, 0.05) is 17.1 Å². The Balaban J connectivity index is 0.00000169. The summed E-state index contributed by atoms with van der Waals surface area (Å²) in [5.74, 6) is 0. The van der Waals surface area contributed by atoms with Gasteiger partial charge in [-0.25, -0.2) is 0 Å². The second-order valence-corrected chi connectivity index (χ2v) is 4.05. The first-order valence-corrected chi connectivity index (χ1v) is 5.13. The van der Waals surface area contributed by atoms with Crippen LogP contribution in [0.25, 0.3) is 0 Å². The highest BCUT2D eigenvalue weighted by molar-refractivity contribution is 9.10. The molecule has 14 heavy (non-hydrogen) atoms. The minimum absolute atomic E-state index is 0. The van der Waals surface area contributed by atoms with Gasteiger partial charge < -0.3 is 10.8 Å². The van der Waals surface area contributed by atoms with Crippen LogP contribution >= 0.6 is 39.9 Å². The average molecular weight is 301 g/mol. The standard InChI is InChI=1S/C9H11BrClNO.ClH/c10-7-5-6(1-2-8(7)11)9(12)3-4-13;/h1-2,5,9,13H,3-4,12H2;1H/t9-;/m0./s1. The van der Waals surface area contributed by atoms with Crippen LogP contribution in [-0.4, -0.2) is 11.7 Å². The van der Waals surface area contributed by atoms with E-state index in [4.69, 9.17) is 22.4 Å². The molecule has 0 bridgehead atoms. The Morgan fingerprint density at radius 2 is 2.14 bits per heavy atom. The fraction of sp³-hybridized carbons (Fsp3) is 0.333. The zero-order valence-electron chi connectivity index (χ0n) is 7.41. The van der Waals surface area contributed by atoms with Gasteiger partial charge in [0.05, 0.1) is 5.02 Å². The van der Waals surface area contributed by atoms with Gasteiger partial charge in [-0.2, -0.15) is 0 Å². The number of aliphatic hydroxyl groups excluding tert-OH is 1. The first kappa shape index (κ1) is 14.2. The number of hydrogen-bond donors (Lipinski definition) is 2. The van der Waals surface area contributed by atoms with Gasteiger partial charge in [0.15, 0.2) is 0 Å². The predicted molar refractivity (Wildman–Crippen MR) is 65.0 cm³/mol. The molecule has 3 N–H and O–H groups in total. The van der Waals surface area contributed by atoms with E-state index in [-0.39, 0.29) is 25.1 Å². The van der Waals surface area contributed by atoms with Crippen molar-refractivity contribution < 1.29 is 5.11 Å². The normalized spacial score (nSPS) is 12.0. The molecule has 0 fully saturated rings. The second kappa shape index (κ2) is 6.64. The Hall–Kier alpha value is 0.200. The molecule has 80 valence electrons. The fourth-order valence-electron chi connectivity index (χ4n) is 1.05. The van der Waals surface area contributed by atoms with Crippen molar-refractivity contribution in [3.8, 4) is 0 Å². The Morgan fingerprint density at radius 3 is 2.64 bits per heavy atom. The van der Waals surface area contributed by atoms with Crippen LogP contribution in [0.4, 0.5) is 0 Å². The van der Waals surface area contributed by atoms with Gasteiger partial charge in [-0.15, -0.1) is 12.4 Å². The molecule has 5 heteroatoms. The number of halogens is 3. The smallest absolute Gasteiger partial charge is 0.0548 e. The van der Waals surface area contributed by atoms with E-state index in [1.165, 1.54) is 0 Å². The van der Waals surface area contributed by atoms with Crippen LogP contribution < -0.4 is 5.73 Å². The fourth-order valence-corrected chi connectivity index (χ4v) is 1.56. The summed E-state index contributed by atoms with van der Waals surface area (Å²) in [6, 6.07) is 5.41. The molecule has 1 atom stereocenters. The average Bonchev–Trinajstić information content (AvgIpc) is 2.10. The lowest BCUT2D eigenvalue weighted by Gasteiger charge is -2.10. The number of nitrogens with two attached hydrogens (primary N) is 1. The van der Waals surface area contributed by atoms with Crippen molar-refractivity contribution in [2.45, 2.75) is 12.5 Å². The molecule has 0 spiro atoms. The van der Waals surface area contributed by atoms with Gasteiger partial charge in [0.25, 0.3) is 0 Å². The molecule has 0 aliphatic carbocycles. The lowest BCUT2D eigenvalue weighted by atomic mass is 10.1. The highest BCUT2D eigenvalue weighted by Crippen LogP contribution is 2.26. The third kappa shape index (κ3) is 3.75. The van der Waals surface area contributed by atoms with E-state index < -0.39 is 0 Å². The maximum absolute atomic E-state index is 8.70. The topological polar surface area (TPSA) is 46.2 Å². The molecule has 0 radical (unpaired) electrons. The maximum atomic E-state index is 8.70. The van der Waals surface area contributed by atoms with Gasteiger partial charge in [-0.3, -0.25) is 0 Å². The third-order valence-corrected chi connectivity index (χ3v) is 3.03. The van der Waals surface area contributed by atoms with Crippen molar-refractivity contribution in [2.24, 2.45) is 5.73 Å². The van der Waals surface area contributed by atoms with Crippen molar-refractivity contribution in [2.75, 3.05) is 6.61 Å². The summed E-state index contributed by atoms with van der Waals surface area (Å²) >= 11 is 9.14. The summed E-state index contributed by atoms with van der Waals surface area (Å²) in [5.41, 5.74) is 6.78. The van der Waals surface area contributed by atoms with Crippen LogP contribution in [0.1, 0.15) is 18.0 Å². The molecule has 1 aromatic carbocycles. The molecule has 0 aliphatic rings. The molecule has 1 aromatic rings. The van der Waals surface area contributed by atoms with Gasteiger partial charge in [0.2, 0.25) is 0 Å². The van der Waals surface area contributed by atoms with Crippen LogP contribution in [0.2, 0.25) is 5.02 Å². The molecule has 1 rings (SSSR count). The molecule has 0 saturated heterocycles. The van der Waals surface area contributed by atoms with Crippen LogP contribution in [0.5, 0.6) is 0 Å².